The van der Waals surface area contributed by atoms with Gasteiger partial charge in [-0.3, -0.25) is 9.36 Å². The molecular formula is C12H13N3O3S. The number of hydrogen-bond donors (Lipinski definition) is 1. The number of aromatic nitrogens is 3. The Balaban J connectivity index is 2.37. The van der Waals surface area contributed by atoms with Crippen molar-refractivity contribution in [2.24, 2.45) is 0 Å². The van der Waals surface area contributed by atoms with Crippen LogP contribution in [0.5, 0.6) is 5.75 Å². The van der Waals surface area contributed by atoms with Crippen LogP contribution in [-0.2, 0) is 4.79 Å². The SMILES string of the molecule is COc1cccc(-n2c(C)nnc2SCC(=O)O)c1. The van der Waals surface area contributed by atoms with E-state index in [1.807, 2.05) is 31.2 Å². The molecule has 0 saturated carbocycles. The molecule has 0 saturated heterocycles. The standard InChI is InChI=1S/C12H13N3O3S/c1-8-13-14-12(19-7-11(16)17)15(8)9-4-3-5-10(6-9)18-2/h3-6H,7H2,1-2H3,(H,16,17). The third kappa shape index (κ3) is 3.05. The van der Waals surface area contributed by atoms with Crippen molar-refractivity contribution in [2.45, 2.75) is 12.1 Å². The highest BCUT2D eigenvalue weighted by Gasteiger charge is 2.13. The Labute approximate surface area is 114 Å². The smallest absolute Gasteiger partial charge is 0.313 e. The van der Waals surface area contributed by atoms with Gasteiger partial charge in [-0.1, -0.05) is 17.8 Å². The Hall–Kier alpha value is -2.02. The van der Waals surface area contributed by atoms with Crippen LogP contribution in [0.15, 0.2) is 29.4 Å². The van der Waals surface area contributed by atoms with Gasteiger partial charge in [0.2, 0.25) is 0 Å². The molecule has 2 rings (SSSR count). The minimum atomic E-state index is -0.886. The first-order valence-electron chi connectivity index (χ1n) is 5.53. The minimum absolute atomic E-state index is 0.0535. The van der Waals surface area contributed by atoms with Crippen molar-refractivity contribution in [2.75, 3.05) is 12.9 Å². The van der Waals surface area contributed by atoms with Crippen molar-refractivity contribution in [3.8, 4) is 11.4 Å². The molecule has 1 heterocycles. The van der Waals surface area contributed by atoms with E-state index in [4.69, 9.17) is 9.84 Å². The second kappa shape index (κ2) is 5.75. The average molecular weight is 279 g/mol. The predicted octanol–water partition coefficient (Wildman–Crippen LogP) is 1.76. The van der Waals surface area contributed by atoms with Crippen molar-refractivity contribution >= 4 is 17.7 Å². The fourth-order valence-electron chi connectivity index (χ4n) is 1.61. The summed E-state index contributed by atoms with van der Waals surface area (Å²) >= 11 is 1.13. The van der Waals surface area contributed by atoms with E-state index in [2.05, 4.69) is 10.2 Å². The summed E-state index contributed by atoms with van der Waals surface area (Å²) < 4.78 is 6.98. The highest BCUT2D eigenvalue weighted by molar-refractivity contribution is 7.99. The molecule has 1 N–H and O–H groups in total. The number of thioether (sulfide) groups is 1. The molecule has 0 fully saturated rings. The summed E-state index contributed by atoms with van der Waals surface area (Å²) in [7, 11) is 1.60. The van der Waals surface area contributed by atoms with Gasteiger partial charge >= 0.3 is 5.97 Å². The molecule has 6 nitrogen and oxygen atoms in total. The predicted molar refractivity (Wildman–Crippen MR) is 71.0 cm³/mol. The van der Waals surface area contributed by atoms with E-state index in [0.29, 0.717) is 11.0 Å². The summed E-state index contributed by atoms with van der Waals surface area (Å²) in [5.74, 6) is 0.478. The number of nitrogens with zero attached hydrogens (tertiary/aromatic N) is 3. The lowest BCUT2D eigenvalue weighted by Gasteiger charge is -2.09. The number of rotatable bonds is 5. The van der Waals surface area contributed by atoms with Gasteiger partial charge in [0.05, 0.1) is 18.6 Å². The first-order chi connectivity index (χ1) is 9.11. The molecule has 19 heavy (non-hydrogen) atoms. The molecule has 0 spiro atoms. The Kier molecular flexibility index (Phi) is 4.06. The number of ether oxygens (including phenoxy) is 1. The first-order valence-corrected chi connectivity index (χ1v) is 6.51. The number of aliphatic carboxylic acids is 1. The molecule has 1 aromatic heterocycles. The molecule has 100 valence electrons. The van der Waals surface area contributed by atoms with Gasteiger partial charge in [-0.15, -0.1) is 10.2 Å². The third-order valence-electron chi connectivity index (χ3n) is 2.43. The van der Waals surface area contributed by atoms with Crippen LogP contribution in [0.4, 0.5) is 0 Å². The summed E-state index contributed by atoms with van der Waals surface area (Å²) in [6, 6.07) is 7.44. The van der Waals surface area contributed by atoms with Gasteiger partial charge in [0.25, 0.3) is 0 Å². The minimum Gasteiger partial charge on any atom is -0.497 e. The lowest BCUT2D eigenvalue weighted by molar-refractivity contribution is -0.133. The average Bonchev–Trinajstić information content (AvgIpc) is 2.77. The largest absolute Gasteiger partial charge is 0.497 e. The molecule has 1 aromatic carbocycles. The van der Waals surface area contributed by atoms with Crippen LogP contribution in [-0.4, -0.2) is 38.7 Å². The lowest BCUT2D eigenvalue weighted by atomic mass is 10.3. The highest BCUT2D eigenvalue weighted by Crippen LogP contribution is 2.24. The van der Waals surface area contributed by atoms with Gasteiger partial charge in [-0.2, -0.15) is 0 Å². The number of carboxylic acids is 1. The summed E-state index contributed by atoms with van der Waals surface area (Å²) in [5, 5.41) is 17.3. The van der Waals surface area contributed by atoms with E-state index >= 15 is 0 Å². The first kappa shape index (κ1) is 13.4. The lowest BCUT2D eigenvalue weighted by Crippen LogP contribution is -2.03. The topological polar surface area (TPSA) is 77.2 Å². The number of methoxy groups -OCH3 is 1. The van der Waals surface area contributed by atoms with Crippen molar-refractivity contribution < 1.29 is 14.6 Å². The second-order valence-corrected chi connectivity index (χ2v) is 4.69. The van der Waals surface area contributed by atoms with E-state index in [-0.39, 0.29) is 5.75 Å². The maximum atomic E-state index is 10.6. The number of carbonyl (C=O) groups is 1. The normalized spacial score (nSPS) is 10.4. The van der Waals surface area contributed by atoms with E-state index in [0.717, 1.165) is 23.2 Å². The summed E-state index contributed by atoms with van der Waals surface area (Å²) in [5.41, 5.74) is 0.842. The molecule has 0 aliphatic rings. The van der Waals surface area contributed by atoms with Crippen LogP contribution in [0.1, 0.15) is 5.82 Å². The number of carboxylic acid groups (broad SMARTS) is 1. The summed E-state index contributed by atoms with van der Waals surface area (Å²) in [4.78, 5) is 10.6. The van der Waals surface area contributed by atoms with Crippen LogP contribution in [0.3, 0.4) is 0 Å². The molecule has 2 aromatic rings. The van der Waals surface area contributed by atoms with Gasteiger partial charge in [-0.05, 0) is 19.1 Å². The second-order valence-electron chi connectivity index (χ2n) is 3.75. The monoisotopic (exact) mass is 279 g/mol. The van der Waals surface area contributed by atoms with Gasteiger partial charge in [0.15, 0.2) is 5.16 Å². The summed E-state index contributed by atoms with van der Waals surface area (Å²) in [6.07, 6.45) is 0. The van der Waals surface area contributed by atoms with E-state index in [1.54, 1.807) is 11.7 Å². The van der Waals surface area contributed by atoms with Crippen LogP contribution in [0.25, 0.3) is 5.69 Å². The molecule has 0 unspecified atom stereocenters. The van der Waals surface area contributed by atoms with Crippen molar-refractivity contribution in [1.29, 1.82) is 0 Å². The fourth-order valence-corrected chi connectivity index (χ4v) is 2.33. The number of aryl methyl sites for hydroxylation is 1. The Morgan fingerprint density at radius 2 is 2.26 bits per heavy atom. The number of hydrogen-bond acceptors (Lipinski definition) is 5. The molecule has 0 radical (unpaired) electrons. The van der Waals surface area contributed by atoms with Crippen LogP contribution in [0, 0.1) is 6.92 Å². The zero-order valence-corrected chi connectivity index (χ0v) is 11.3. The van der Waals surface area contributed by atoms with Gasteiger partial charge in [0.1, 0.15) is 11.6 Å². The molecule has 0 aliphatic carbocycles. The molecule has 0 aliphatic heterocycles. The van der Waals surface area contributed by atoms with E-state index in [9.17, 15) is 4.79 Å². The van der Waals surface area contributed by atoms with Crippen molar-refractivity contribution in [3.05, 3.63) is 30.1 Å². The summed E-state index contributed by atoms with van der Waals surface area (Å²) in [6.45, 7) is 1.82. The van der Waals surface area contributed by atoms with Crippen LogP contribution in [0.2, 0.25) is 0 Å². The molecule has 0 amide bonds. The van der Waals surface area contributed by atoms with Crippen LogP contribution < -0.4 is 4.74 Å². The van der Waals surface area contributed by atoms with E-state index < -0.39 is 5.97 Å². The highest BCUT2D eigenvalue weighted by atomic mass is 32.2. The van der Waals surface area contributed by atoms with Gasteiger partial charge in [-0.25, -0.2) is 0 Å². The zero-order valence-electron chi connectivity index (χ0n) is 10.5. The van der Waals surface area contributed by atoms with E-state index in [1.165, 1.54) is 0 Å². The number of benzene rings is 1. The molecular weight excluding hydrogens is 266 g/mol. The van der Waals surface area contributed by atoms with Gasteiger partial charge < -0.3 is 9.84 Å². The Bertz CT molecular complexity index is 598. The molecule has 0 bridgehead atoms. The Morgan fingerprint density at radius 1 is 1.47 bits per heavy atom. The maximum absolute atomic E-state index is 10.6. The Morgan fingerprint density at radius 3 is 2.95 bits per heavy atom. The maximum Gasteiger partial charge on any atom is 0.313 e. The molecule has 0 atom stereocenters. The van der Waals surface area contributed by atoms with Crippen molar-refractivity contribution in [1.82, 2.24) is 14.8 Å². The fraction of sp³-hybridized carbons (Fsp3) is 0.250. The zero-order chi connectivity index (χ0) is 13.8. The molecule has 7 heteroatoms. The third-order valence-corrected chi connectivity index (χ3v) is 3.35. The quantitative estimate of drug-likeness (QED) is 0.840. The van der Waals surface area contributed by atoms with Crippen LogP contribution >= 0.6 is 11.8 Å². The van der Waals surface area contributed by atoms with Crippen molar-refractivity contribution in [3.63, 3.8) is 0 Å². The van der Waals surface area contributed by atoms with Gasteiger partial charge in [0, 0.05) is 6.07 Å².